The molecule has 8 heteroatoms. The zero-order valence-electron chi connectivity index (χ0n) is 16.8. The van der Waals surface area contributed by atoms with E-state index < -0.39 is 11.8 Å². The van der Waals surface area contributed by atoms with E-state index in [1.165, 1.54) is 26.0 Å². The van der Waals surface area contributed by atoms with Gasteiger partial charge < -0.3 is 14.8 Å². The van der Waals surface area contributed by atoms with Gasteiger partial charge in [0.05, 0.1) is 25.5 Å². The fourth-order valence-corrected chi connectivity index (χ4v) is 2.81. The first-order valence-corrected chi connectivity index (χ1v) is 9.35. The van der Waals surface area contributed by atoms with Crippen molar-refractivity contribution in [3.05, 3.63) is 58.1 Å². The molecule has 2 aromatic rings. The van der Waals surface area contributed by atoms with Gasteiger partial charge in [-0.15, -0.1) is 0 Å². The quantitative estimate of drug-likeness (QED) is 0.411. The maximum absolute atomic E-state index is 11.9. The number of hydrogen-bond donors (Lipinski definition) is 2. The van der Waals surface area contributed by atoms with Crippen molar-refractivity contribution in [2.75, 3.05) is 14.2 Å². The van der Waals surface area contributed by atoms with E-state index in [1.807, 2.05) is 24.3 Å². The van der Waals surface area contributed by atoms with E-state index in [4.69, 9.17) is 21.1 Å². The topological polar surface area (TPSA) is 89.0 Å². The van der Waals surface area contributed by atoms with Crippen LogP contribution < -0.4 is 20.2 Å². The lowest BCUT2D eigenvalue weighted by Gasteiger charge is -2.10. The Kier molecular flexibility index (Phi) is 8.03. The third-order valence-corrected chi connectivity index (χ3v) is 4.42. The smallest absolute Gasteiger partial charge is 0.329 e. The Morgan fingerprint density at radius 2 is 1.79 bits per heavy atom. The number of hydrazone groups is 1. The Morgan fingerprint density at radius 1 is 1.10 bits per heavy atom. The van der Waals surface area contributed by atoms with Gasteiger partial charge in [-0.1, -0.05) is 49.7 Å². The predicted octanol–water partition coefficient (Wildman–Crippen LogP) is 3.25. The van der Waals surface area contributed by atoms with Crippen molar-refractivity contribution in [2.45, 2.75) is 26.3 Å². The molecular weight excluding hydrogens is 394 g/mol. The number of benzene rings is 2. The summed E-state index contributed by atoms with van der Waals surface area (Å²) in [6.45, 7) is 4.47. The van der Waals surface area contributed by atoms with Crippen molar-refractivity contribution >= 4 is 29.6 Å². The molecule has 2 aromatic carbocycles. The molecule has 0 radical (unpaired) electrons. The molecule has 0 aliphatic carbocycles. The lowest BCUT2D eigenvalue weighted by Crippen LogP contribution is -2.37. The maximum atomic E-state index is 11.9. The van der Waals surface area contributed by atoms with Crippen molar-refractivity contribution in [1.29, 1.82) is 0 Å². The van der Waals surface area contributed by atoms with Gasteiger partial charge in [0.25, 0.3) is 0 Å². The summed E-state index contributed by atoms with van der Waals surface area (Å²) >= 11 is 6.11. The Hall–Kier alpha value is -3.06. The van der Waals surface area contributed by atoms with Crippen LogP contribution in [0.1, 0.15) is 36.5 Å². The molecule has 0 aromatic heterocycles. The Labute approximate surface area is 175 Å². The van der Waals surface area contributed by atoms with Gasteiger partial charge in [0.15, 0.2) is 11.5 Å². The van der Waals surface area contributed by atoms with Gasteiger partial charge in [-0.25, -0.2) is 5.43 Å². The second-order valence-electron chi connectivity index (χ2n) is 6.52. The SMILES string of the molecule is COc1cc(/C=N\NC(=O)C(=O)NCc2ccc(C(C)C)cc2)cc(Cl)c1OC. The van der Waals surface area contributed by atoms with Crippen LogP contribution in [-0.4, -0.2) is 32.2 Å². The van der Waals surface area contributed by atoms with Crippen LogP contribution in [0.3, 0.4) is 0 Å². The number of carbonyl (C=O) groups is 2. The number of hydrogen-bond acceptors (Lipinski definition) is 5. The first-order valence-electron chi connectivity index (χ1n) is 8.97. The molecule has 154 valence electrons. The van der Waals surface area contributed by atoms with Crippen molar-refractivity contribution in [1.82, 2.24) is 10.7 Å². The number of methoxy groups -OCH3 is 2. The zero-order chi connectivity index (χ0) is 21.4. The molecule has 0 aliphatic heterocycles. The van der Waals surface area contributed by atoms with Crippen LogP contribution in [0.25, 0.3) is 0 Å². The van der Waals surface area contributed by atoms with E-state index in [1.54, 1.807) is 12.1 Å². The highest BCUT2D eigenvalue weighted by Crippen LogP contribution is 2.35. The average molecular weight is 418 g/mol. The summed E-state index contributed by atoms with van der Waals surface area (Å²) < 4.78 is 10.3. The summed E-state index contributed by atoms with van der Waals surface area (Å²) in [5, 5.41) is 6.67. The molecule has 0 aliphatic rings. The number of nitrogens with zero attached hydrogens (tertiary/aromatic N) is 1. The molecule has 0 fully saturated rings. The summed E-state index contributed by atoms with van der Waals surface area (Å²) in [7, 11) is 2.96. The Morgan fingerprint density at radius 3 is 2.38 bits per heavy atom. The minimum atomic E-state index is -0.869. The van der Waals surface area contributed by atoms with Gasteiger partial charge in [-0.3, -0.25) is 9.59 Å². The van der Waals surface area contributed by atoms with E-state index >= 15 is 0 Å². The van der Waals surface area contributed by atoms with Crippen LogP contribution >= 0.6 is 11.6 Å². The fourth-order valence-electron chi connectivity index (χ4n) is 2.51. The summed E-state index contributed by atoms with van der Waals surface area (Å²) in [6.07, 6.45) is 1.35. The van der Waals surface area contributed by atoms with E-state index in [-0.39, 0.29) is 6.54 Å². The molecule has 2 N–H and O–H groups in total. The summed E-state index contributed by atoms with van der Waals surface area (Å²) in [5.41, 5.74) is 4.86. The third kappa shape index (κ3) is 6.22. The summed E-state index contributed by atoms with van der Waals surface area (Å²) in [6, 6.07) is 11.1. The first kappa shape index (κ1) is 22.2. The van der Waals surface area contributed by atoms with E-state index in [0.29, 0.717) is 28.0 Å². The fraction of sp³-hybridized carbons (Fsp3) is 0.286. The molecule has 7 nitrogen and oxygen atoms in total. The van der Waals surface area contributed by atoms with Crippen LogP contribution in [0.2, 0.25) is 5.02 Å². The van der Waals surface area contributed by atoms with Crippen molar-refractivity contribution < 1.29 is 19.1 Å². The van der Waals surface area contributed by atoms with Crippen LogP contribution in [0.5, 0.6) is 11.5 Å². The lowest BCUT2D eigenvalue weighted by atomic mass is 10.0. The van der Waals surface area contributed by atoms with E-state index in [9.17, 15) is 9.59 Å². The Balaban J connectivity index is 1.89. The first-order chi connectivity index (χ1) is 13.8. The molecule has 0 spiro atoms. The van der Waals surface area contributed by atoms with Crippen LogP contribution in [-0.2, 0) is 16.1 Å². The maximum Gasteiger partial charge on any atom is 0.329 e. The number of halogens is 1. The van der Waals surface area contributed by atoms with Gasteiger partial charge in [0.1, 0.15) is 0 Å². The molecule has 0 heterocycles. The number of ether oxygens (including phenoxy) is 2. The van der Waals surface area contributed by atoms with E-state index in [2.05, 4.69) is 29.7 Å². The van der Waals surface area contributed by atoms with Gasteiger partial charge in [-0.2, -0.15) is 5.10 Å². The van der Waals surface area contributed by atoms with Gasteiger partial charge >= 0.3 is 11.8 Å². The Bertz CT molecular complexity index is 896. The van der Waals surface area contributed by atoms with Crippen LogP contribution in [0.15, 0.2) is 41.5 Å². The van der Waals surface area contributed by atoms with Crippen molar-refractivity contribution in [3.8, 4) is 11.5 Å². The molecular formula is C21H24ClN3O4. The number of rotatable bonds is 7. The van der Waals surface area contributed by atoms with Crippen LogP contribution in [0.4, 0.5) is 0 Å². The molecule has 29 heavy (non-hydrogen) atoms. The number of nitrogens with one attached hydrogen (secondary N) is 2. The van der Waals surface area contributed by atoms with Crippen molar-refractivity contribution in [2.24, 2.45) is 5.10 Å². The highest BCUT2D eigenvalue weighted by molar-refractivity contribution is 6.35. The summed E-state index contributed by atoms with van der Waals surface area (Å²) in [4.78, 5) is 23.8. The molecule has 2 rings (SSSR count). The minimum absolute atomic E-state index is 0.250. The second-order valence-corrected chi connectivity index (χ2v) is 6.92. The molecule has 0 unspecified atom stereocenters. The molecule has 2 amide bonds. The monoisotopic (exact) mass is 417 g/mol. The normalized spacial score (nSPS) is 10.8. The number of amides is 2. The number of carbonyl (C=O) groups excluding carboxylic acids is 2. The molecule has 0 saturated carbocycles. The zero-order valence-corrected chi connectivity index (χ0v) is 17.5. The summed E-state index contributed by atoms with van der Waals surface area (Å²) in [5.74, 6) is -0.389. The van der Waals surface area contributed by atoms with Gasteiger partial charge in [-0.05, 0) is 34.7 Å². The van der Waals surface area contributed by atoms with Crippen LogP contribution in [0, 0.1) is 0 Å². The molecule has 0 bridgehead atoms. The highest BCUT2D eigenvalue weighted by Gasteiger charge is 2.13. The molecule has 0 saturated heterocycles. The minimum Gasteiger partial charge on any atom is -0.493 e. The average Bonchev–Trinajstić information content (AvgIpc) is 2.71. The highest BCUT2D eigenvalue weighted by atomic mass is 35.5. The third-order valence-electron chi connectivity index (χ3n) is 4.14. The van der Waals surface area contributed by atoms with Crippen molar-refractivity contribution in [3.63, 3.8) is 0 Å². The molecule has 0 atom stereocenters. The lowest BCUT2D eigenvalue weighted by molar-refractivity contribution is -0.139. The van der Waals surface area contributed by atoms with E-state index in [0.717, 1.165) is 5.56 Å². The predicted molar refractivity (Wildman–Crippen MR) is 113 cm³/mol. The second kappa shape index (κ2) is 10.5. The van der Waals surface area contributed by atoms with Gasteiger partial charge in [0, 0.05) is 6.54 Å². The van der Waals surface area contributed by atoms with Gasteiger partial charge in [0.2, 0.25) is 0 Å². The standard InChI is InChI=1S/C21H24ClN3O4/c1-13(2)16-7-5-14(6-8-16)11-23-20(26)21(27)25-24-12-15-9-17(22)19(29-4)18(10-15)28-3/h5-10,12-13H,11H2,1-4H3,(H,23,26)(H,25,27)/b24-12-. The largest absolute Gasteiger partial charge is 0.493 e.